The molecule has 0 spiro atoms. The van der Waals surface area contributed by atoms with Crippen LogP contribution in [0.4, 0.5) is 18.0 Å². The van der Waals surface area contributed by atoms with Gasteiger partial charge in [0.1, 0.15) is 17.7 Å². The number of benzene rings is 1. The lowest BCUT2D eigenvalue weighted by molar-refractivity contribution is -0.127. The van der Waals surface area contributed by atoms with E-state index in [0.29, 0.717) is 29.2 Å². The molecule has 3 amide bonds. The Morgan fingerprint density at radius 2 is 1.77 bits per heavy atom. The highest BCUT2D eigenvalue weighted by Crippen LogP contribution is 2.32. The van der Waals surface area contributed by atoms with E-state index in [-0.39, 0.29) is 31.2 Å². The van der Waals surface area contributed by atoms with Crippen molar-refractivity contribution in [2.75, 3.05) is 27.2 Å². The minimum atomic E-state index is -0.732. The van der Waals surface area contributed by atoms with Crippen molar-refractivity contribution in [1.29, 1.82) is 0 Å². The average Bonchev–Trinajstić information content (AvgIpc) is 3.47. The Morgan fingerprint density at radius 3 is 2.45 bits per heavy atom. The number of amides is 3. The summed E-state index contributed by atoms with van der Waals surface area (Å²) < 4.78 is 49.5. The summed E-state index contributed by atoms with van der Waals surface area (Å²) in [5, 5.41) is 9.78. The van der Waals surface area contributed by atoms with E-state index in [1.165, 1.54) is 43.9 Å². The van der Waals surface area contributed by atoms with Crippen LogP contribution in [0.15, 0.2) is 35.6 Å². The molecule has 0 aliphatic carbocycles. The molecule has 40 heavy (non-hydrogen) atoms. The van der Waals surface area contributed by atoms with E-state index >= 15 is 0 Å². The van der Waals surface area contributed by atoms with Crippen molar-refractivity contribution in [2.45, 2.75) is 38.8 Å². The Bertz CT molecular complexity index is 1480. The number of ether oxygens (including phenoxy) is 1. The highest BCUT2D eigenvalue weighted by molar-refractivity contribution is 5.79. The standard InChI is InChI=1S/C27H28F3N7O3/c1-15-21(10-26(38)34(3)4)16(2)36(33-15)25-11-24(22(30)12-31-25)40-20-13-35(14-20)27(39)37-23(5-6-32-37)17-7-18(28)9-19(29)8-17/h6-9,11-12,20,23H,5,10,13-14H2,1-4H3. The highest BCUT2D eigenvalue weighted by atomic mass is 19.1. The molecule has 0 saturated carbocycles. The van der Waals surface area contributed by atoms with Crippen LogP contribution < -0.4 is 4.74 Å². The Hall–Kier alpha value is -4.42. The first-order chi connectivity index (χ1) is 19.0. The summed E-state index contributed by atoms with van der Waals surface area (Å²) in [7, 11) is 3.36. The van der Waals surface area contributed by atoms with Gasteiger partial charge >= 0.3 is 6.03 Å². The van der Waals surface area contributed by atoms with E-state index in [9.17, 15) is 22.8 Å². The number of rotatable bonds is 6. The SMILES string of the molecule is Cc1nn(-c2cc(OC3CN(C(=O)N4N=CCC4c4cc(F)cc(F)c4)C3)c(F)cn2)c(C)c1CC(=O)N(C)C. The smallest absolute Gasteiger partial charge is 0.341 e. The number of carbonyl (C=O) groups is 2. The fourth-order valence-corrected chi connectivity index (χ4v) is 4.72. The van der Waals surface area contributed by atoms with Gasteiger partial charge in [0, 0.05) is 50.1 Å². The predicted octanol–water partition coefficient (Wildman–Crippen LogP) is 3.55. The van der Waals surface area contributed by atoms with Crippen molar-refractivity contribution in [1.82, 2.24) is 29.6 Å². The highest BCUT2D eigenvalue weighted by Gasteiger charge is 2.39. The molecule has 210 valence electrons. The van der Waals surface area contributed by atoms with Gasteiger partial charge in [-0.3, -0.25) is 4.79 Å². The van der Waals surface area contributed by atoms with Gasteiger partial charge in [-0.05, 0) is 31.5 Å². The summed E-state index contributed by atoms with van der Waals surface area (Å²) in [6.07, 6.45) is 2.57. The van der Waals surface area contributed by atoms with Crippen LogP contribution in [0, 0.1) is 31.3 Å². The molecule has 1 unspecified atom stereocenters. The normalized spacial score (nSPS) is 16.8. The molecule has 0 bridgehead atoms. The molecule has 5 rings (SSSR count). The summed E-state index contributed by atoms with van der Waals surface area (Å²) in [5.74, 6) is -1.93. The average molecular weight is 556 g/mol. The van der Waals surface area contributed by atoms with Gasteiger partial charge in [0.15, 0.2) is 17.4 Å². The van der Waals surface area contributed by atoms with E-state index in [1.54, 1.807) is 21.0 Å². The Morgan fingerprint density at radius 1 is 1.07 bits per heavy atom. The van der Waals surface area contributed by atoms with Crippen molar-refractivity contribution in [2.24, 2.45) is 5.10 Å². The molecular weight excluding hydrogens is 527 g/mol. The monoisotopic (exact) mass is 555 g/mol. The van der Waals surface area contributed by atoms with Crippen molar-refractivity contribution >= 4 is 18.2 Å². The fraction of sp³-hybridized carbons (Fsp3) is 0.370. The molecule has 1 atom stereocenters. The number of hydrazone groups is 1. The van der Waals surface area contributed by atoms with E-state index in [0.717, 1.165) is 17.8 Å². The number of aromatic nitrogens is 3. The van der Waals surface area contributed by atoms with Crippen LogP contribution in [0.2, 0.25) is 0 Å². The lowest BCUT2D eigenvalue weighted by atomic mass is 10.0. The van der Waals surface area contributed by atoms with Crippen molar-refractivity contribution in [3.8, 4) is 11.6 Å². The van der Waals surface area contributed by atoms with Gasteiger partial charge in [-0.2, -0.15) is 10.2 Å². The molecule has 10 nitrogen and oxygen atoms in total. The van der Waals surface area contributed by atoms with Gasteiger partial charge in [-0.1, -0.05) is 0 Å². The molecule has 0 N–H and O–H groups in total. The minimum absolute atomic E-state index is 0.0483. The second kappa shape index (κ2) is 10.6. The third kappa shape index (κ3) is 5.23. The molecule has 1 saturated heterocycles. The number of likely N-dealkylation sites (N-methyl/N-ethyl adjacent to an activating group) is 1. The number of carbonyl (C=O) groups excluding carboxylic acids is 2. The molecule has 13 heteroatoms. The van der Waals surface area contributed by atoms with E-state index in [1.807, 2.05) is 6.92 Å². The number of hydrogen-bond acceptors (Lipinski definition) is 6. The maximum Gasteiger partial charge on any atom is 0.341 e. The molecule has 1 fully saturated rings. The molecule has 0 radical (unpaired) electrons. The number of aryl methyl sites for hydroxylation is 1. The third-order valence-corrected chi connectivity index (χ3v) is 7.00. The van der Waals surface area contributed by atoms with Gasteiger partial charge in [0.25, 0.3) is 0 Å². The maximum absolute atomic E-state index is 14.6. The van der Waals surface area contributed by atoms with Gasteiger partial charge < -0.3 is 14.5 Å². The minimum Gasteiger partial charge on any atom is -0.483 e. The van der Waals surface area contributed by atoms with Gasteiger partial charge in [-0.15, -0.1) is 0 Å². The lowest BCUT2D eigenvalue weighted by Gasteiger charge is -2.41. The Kier molecular flexibility index (Phi) is 7.21. The van der Waals surface area contributed by atoms with Crippen molar-refractivity contribution in [3.05, 3.63) is 70.4 Å². The topological polar surface area (TPSA) is 96.2 Å². The first-order valence-corrected chi connectivity index (χ1v) is 12.7. The van der Waals surface area contributed by atoms with Crippen LogP contribution in [-0.2, 0) is 11.2 Å². The quantitative estimate of drug-likeness (QED) is 0.464. The molecular formula is C27H28F3N7O3. The summed E-state index contributed by atoms with van der Waals surface area (Å²) in [4.78, 5) is 32.4. The second-order valence-electron chi connectivity index (χ2n) is 10.0. The second-order valence-corrected chi connectivity index (χ2v) is 10.0. The number of nitrogens with zero attached hydrogens (tertiary/aromatic N) is 7. The van der Waals surface area contributed by atoms with E-state index in [4.69, 9.17) is 4.74 Å². The van der Waals surface area contributed by atoms with Crippen molar-refractivity contribution in [3.63, 3.8) is 0 Å². The molecule has 2 aliphatic heterocycles. The van der Waals surface area contributed by atoms with Crippen LogP contribution in [0.1, 0.15) is 35.0 Å². The number of pyridine rings is 1. The van der Waals surface area contributed by atoms with Crippen LogP contribution >= 0.6 is 0 Å². The third-order valence-electron chi connectivity index (χ3n) is 7.00. The lowest BCUT2D eigenvalue weighted by Crippen LogP contribution is -2.58. The van der Waals surface area contributed by atoms with Gasteiger partial charge in [0.05, 0.1) is 37.4 Å². The van der Waals surface area contributed by atoms with Gasteiger partial charge in [-0.25, -0.2) is 32.6 Å². The molecule has 2 aliphatic rings. The van der Waals surface area contributed by atoms with Crippen LogP contribution in [0.25, 0.3) is 5.82 Å². The number of hydrogen-bond donors (Lipinski definition) is 0. The Balaban J connectivity index is 1.25. The van der Waals surface area contributed by atoms with E-state index < -0.39 is 35.6 Å². The summed E-state index contributed by atoms with van der Waals surface area (Å²) in [6, 6.07) is 3.49. The Labute approximate surface area is 228 Å². The summed E-state index contributed by atoms with van der Waals surface area (Å²) >= 11 is 0. The van der Waals surface area contributed by atoms with E-state index in [2.05, 4.69) is 15.2 Å². The maximum atomic E-state index is 14.6. The number of urea groups is 1. The summed E-state index contributed by atoms with van der Waals surface area (Å²) in [6.45, 7) is 3.94. The summed E-state index contributed by atoms with van der Waals surface area (Å²) in [5.41, 5.74) is 2.45. The largest absolute Gasteiger partial charge is 0.483 e. The zero-order valence-electron chi connectivity index (χ0n) is 22.4. The van der Waals surface area contributed by atoms with Crippen molar-refractivity contribution < 1.29 is 27.5 Å². The van der Waals surface area contributed by atoms with Crippen LogP contribution in [0.5, 0.6) is 5.75 Å². The fourth-order valence-electron chi connectivity index (χ4n) is 4.72. The molecule has 2 aromatic heterocycles. The van der Waals surface area contributed by atoms with Crippen LogP contribution in [0.3, 0.4) is 0 Å². The molecule has 3 aromatic rings. The molecule has 1 aromatic carbocycles. The van der Waals surface area contributed by atoms with Gasteiger partial charge in [0.2, 0.25) is 5.91 Å². The molecule has 4 heterocycles. The number of likely N-dealkylation sites (tertiary alicyclic amines) is 1. The zero-order chi connectivity index (χ0) is 28.7. The zero-order valence-corrected chi connectivity index (χ0v) is 22.4. The van der Waals surface area contributed by atoms with Crippen LogP contribution in [-0.4, -0.2) is 81.0 Å². The first-order valence-electron chi connectivity index (χ1n) is 12.7. The number of halogens is 3. The first kappa shape index (κ1) is 27.2. The predicted molar refractivity (Wildman–Crippen MR) is 139 cm³/mol.